The molecular formula is C15H24FN3. The van der Waals surface area contributed by atoms with Crippen LogP contribution in [0.15, 0.2) is 24.3 Å². The Morgan fingerprint density at radius 2 is 2.16 bits per heavy atom. The van der Waals surface area contributed by atoms with Gasteiger partial charge in [-0.05, 0) is 52.1 Å². The van der Waals surface area contributed by atoms with Crippen molar-refractivity contribution in [3.05, 3.63) is 30.1 Å². The van der Waals surface area contributed by atoms with E-state index in [1.807, 2.05) is 6.07 Å². The summed E-state index contributed by atoms with van der Waals surface area (Å²) in [5.74, 6) is -0.176. The number of hydrogen-bond acceptors (Lipinski definition) is 3. The summed E-state index contributed by atoms with van der Waals surface area (Å²) in [6.07, 6.45) is 0.964. The number of benzene rings is 1. The molecule has 0 spiro atoms. The van der Waals surface area contributed by atoms with E-state index in [1.165, 1.54) is 6.07 Å². The van der Waals surface area contributed by atoms with Crippen LogP contribution in [0, 0.1) is 5.82 Å². The van der Waals surface area contributed by atoms with Crippen LogP contribution in [0.3, 0.4) is 0 Å². The summed E-state index contributed by atoms with van der Waals surface area (Å²) in [7, 11) is 2.16. The third-order valence-electron chi connectivity index (χ3n) is 4.18. The van der Waals surface area contributed by atoms with Gasteiger partial charge in [0.1, 0.15) is 5.82 Å². The number of piperazine rings is 1. The molecule has 1 aromatic rings. The van der Waals surface area contributed by atoms with Crippen molar-refractivity contribution in [2.45, 2.75) is 31.8 Å². The fraction of sp³-hybridized carbons (Fsp3) is 0.600. The molecule has 1 fully saturated rings. The number of hydrogen-bond donors (Lipinski definition) is 1. The Morgan fingerprint density at radius 3 is 2.79 bits per heavy atom. The summed E-state index contributed by atoms with van der Waals surface area (Å²) in [5, 5.41) is 0. The summed E-state index contributed by atoms with van der Waals surface area (Å²) < 4.78 is 13.4. The monoisotopic (exact) mass is 265 g/mol. The van der Waals surface area contributed by atoms with Crippen molar-refractivity contribution in [3.63, 3.8) is 0 Å². The fourth-order valence-electron chi connectivity index (χ4n) is 2.86. The van der Waals surface area contributed by atoms with Crippen LogP contribution in [-0.2, 0) is 0 Å². The Hall–Kier alpha value is -1.13. The lowest BCUT2D eigenvalue weighted by atomic mass is 9.93. The molecule has 0 radical (unpaired) electrons. The van der Waals surface area contributed by atoms with Gasteiger partial charge in [0.2, 0.25) is 0 Å². The number of halogens is 1. The van der Waals surface area contributed by atoms with Gasteiger partial charge in [0.25, 0.3) is 0 Å². The smallest absolute Gasteiger partial charge is 0.125 e. The SMILES string of the molecule is CN1C(CCN)CN(c2cccc(F)c2)CC1(C)C. The fourth-order valence-corrected chi connectivity index (χ4v) is 2.86. The average Bonchev–Trinajstić information content (AvgIpc) is 2.35. The van der Waals surface area contributed by atoms with E-state index in [0.717, 1.165) is 25.2 Å². The molecule has 1 aromatic carbocycles. The highest BCUT2D eigenvalue weighted by atomic mass is 19.1. The van der Waals surface area contributed by atoms with Gasteiger partial charge in [0.05, 0.1) is 0 Å². The Bertz CT molecular complexity index is 433. The molecule has 1 aliphatic rings. The molecule has 1 atom stereocenters. The van der Waals surface area contributed by atoms with Crippen molar-refractivity contribution in [3.8, 4) is 0 Å². The van der Waals surface area contributed by atoms with Crippen LogP contribution in [0.5, 0.6) is 0 Å². The van der Waals surface area contributed by atoms with Crippen LogP contribution in [0.1, 0.15) is 20.3 Å². The summed E-state index contributed by atoms with van der Waals surface area (Å²) in [6, 6.07) is 7.26. The van der Waals surface area contributed by atoms with E-state index in [2.05, 4.69) is 30.7 Å². The third kappa shape index (κ3) is 3.07. The van der Waals surface area contributed by atoms with Crippen molar-refractivity contribution >= 4 is 5.69 Å². The van der Waals surface area contributed by atoms with E-state index >= 15 is 0 Å². The van der Waals surface area contributed by atoms with Crippen LogP contribution < -0.4 is 10.6 Å². The minimum absolute atomic E-state index is 0.0599. The summed E-state index contributed by atoms with van der Waals surface area (Å²) in [6.45, 7) is 6.93. The first-order chi connectivity index (χ1) is 8.94. The molecule has 1 unspecified atom stereocenters. The van der Waals surface area contributed by atoms with Gasteiger partial charge < -0.3 is 10.6 Å². The molecule has 0 saturated carbocycles. The number of likely N-dealkylation sites (N-methyl/N-ethyl adjacent to an activating group) is 1. The van der Waals surface area contributed by atoms with E-state index in [9.17, 15) is 4.39 Å². The van der Waals surface area contributed by atoms with Gasteiger partial charge in [-0.15, -0.1) is 0 Å². The van der Waals surface area contributed by atoms with Gasteiger partial charge in [0, 0.05) is 30.4 Å². The van der Waals surface area contributed by atoms with Gasteiger partial charge >= 0.3 is 0 Å². The van der Waals surface area contributed by atoms with Crippen LogP contribution in [0.4, 0.5) is 10.1 Å². The highest BCUT2D eigenvalue weighted by Gasteiger charge is 2.37. The molecule has 0 aromatic heterocycles. The molecule has 1 aliphatic heterocycles. The second-order valence-electron chi connectivity index (χ2n) is 6.01. The molecule has 4 heteroatoms. The molecular weight excluding hydrogens is 241 g/mol. The molecule has 106 valence electrons. The van der Waals surface area contributed by atoms with Crippen molar-refractivity contribution < 1.29 is 4.39 Å². The largest absolute Gasteiger partial charge is 0.368 e. The normalized spacial score (nSPS) is 23.6. The van der Waals surface area contributed by atoms with Gasteiger partial charge in [-0.1, -0.05) is 6.07 Å². The van der Waals surface area contributed by atoms with E-state index in [1.54, 1.807) is 12.1 Å². The lowest BCUT2D eigenvalue weighted by molar-refractivity contribution is 0.0769. The zero-order valence-electron chi connectivity index (χ0n) is 12.1. The summed E-state index contributed by atoms with van der Waals surface area (Å²) in [4.78, 5) is 4.67. The Kier molecular flexibility index (Phi) is 4.11. The lowest BCUT2D eigenvalue weighted by Crippen LogP contribution is -2.63. The minimum atomic E-state index is -0.176. The van der Waals surface area contributed by atoms with E-state index in [0.29, 0.717) is 12.6 Å². The maximum atomic E-state index is 13.4. The number of rotatable bonds is 3. The lowest BCUT2D eigenvalue weighted by Gasteiger charge is -2.51. The topological polar surface area (TPSA) is 32.5 Å². The summed E-state index contributed by atoms with van der Waals surface area (Å²) in [5.41, 5.74) is 6.73. The first kappa shape index (κ1) is 14.3. The molecule has 0 aliphatic carbocycles. The van der Waals surface area contributed by atoms with Gasteiger partial charge in [-0.3, -0.25) is 4.90 Å². The Morgan fingerprint density at radius 1 is 1.42 bits per heavy atom. The second-order valence-corrected chi connectivity index (χ2v) is 6.01. The maximum absolute atomic E-state index is 13.4. The van der Waals surface area contributed by atoms with Crippen LogP contribution in [0.25, 0.3) is 0 Å². The van der Waals surface area contributed by atoms with Crippen LogP contribution >= 0.6 is 0 Å². The zero-order chi connectivity index (χ0) is 14.0. The number of anilines is 1. The van der Waals surface area contributed by atoms with Gasteiger partial charge in [-0.2, -0.15) is 0 Å². The molecule has 2 rings (SSSR count). The third-order valence-corrected chi connectivity index (χ3v) is 4.18. The predicted molar refractivity (Wildman–Crippen MR) is 77.9 cm³/mol. The van der Waals surface area contributed by atoms with Crippen molar-refractivity contribution in [2.75, 3.05) is 31.6 Å². The standard InChI is InChI=1S/C15H24FN3/c1-15(2)11-19(10-14(7-8-17)18(15)3)13-6-4-5-12(16)9-13/h4-6,9,14H,7-8,10-11,17H2,1-3H3. The second kappa shape index (κ2) is 5.47. The number of nitrogens with zero attached hydrogens (tertiary/aromatic N) is 2. The highest BCUT2D eigenvalue weighted by Crippen LogP contribution is 2.28. The van der Waals surface area contributed by atoms with Crippen LogP contribution in [-0.4, -0.2) is 43.2 Å². The number of nitrogens with two attached hydrogens (primary N) is 1. The average molecular weight is 265 g/mol. The van der Waals surface area contributed by atoms with Crippen LogP contribution in [0.2, 0.25) is 0 Å². The first-order valence-electron chi connectivity index (χ1n) is 6.87. The quantitative estimate of drug-likeness (QED) is 0.908. The molecule has 19 heavy (non-hydrogen) atoms. The molecule has 3 nitrogen and oxygen atoms in total. The Labute approximate surface area is 115 Å². The first-order valence-corrected chi connectivity index (χ1v) is 6.87. The van der Waals surface area contributed by atoms with E-state index < -0.39 is 0 Å². The maximum Gasteiger partial charge on any atom is 0.125 e. The van der Waals surface area contributed by atoms with Gasteiger partial charge in [-0.25, -0.2) is 4.39 Å². The van der Waals surface area contributed by atoms with Crippen molar-refractivity contribution in [1.29, 1.82) is 0 Å². The van der Waals surface area contributed by atoms with Crippen molar-refractivity contribution in [1.82, 2.24) is 4.90 Å². The molecule has 2 N–H and O–H groups in total. The van der Waals surface area contributed by atoms with E-state index in [-0.39, 0.29) is 11.4 Å². The van der Waals surface area contributed by atoms with Crippen molar-refractivity contribution in [2.24, 2.45) is 5.73 Å². The van der Waals surface area contributed by atoms with Gasteiger partial charge in [0.15, 0.2) is 0 Å². The predicted octanol–water partition coefficient (Wildman–Crippen LogP) is 2.07. The Balaban J connectivity index is 2.22. The molecule has 1 saturated heterocycles. The highest BCUT2D eigenvalue weighted by molar-refractivity contribution is 5.47. The molecule has 1 heterocycles. The zero-order valence-corrected chi connectivity index (χ0v) is 12.1. The molecule has 0 amide bonds. The minimum Gasteiger partial charge on any atom is -0.368 e. The summed E-state index contributed by atoms with van der Waals surface area (Å²) >= 11 is 0. The molecule has 0 bridgehead atoms. The van der Waals surface area contributed by atoms with E-state index in [4.69, 9.17) is 5.73 Å².